The Kier molecular flexibility index (Phi) is 4.66. The van der Waals surface area contributed by atoms with Crippen LogP contribution in [0.3, 0.4) is 0 Å². The zero-order valence-electron chi connectivity index (χ0n) is 12.2. The Bertz CT molecular complexity index is 410. The van der Waals surface area contributed by atoms with Crippen LogP contribution in [0.15, 0.2) is 24.3 Å². The molecule has 1 aliphatic rings. The third-order valence-electron chi connectivity index (χ3n) is 3.76. The molecule has 0 aliphatic carbocycles. The number of hydrogen-bond donors (Lipinski definition) is 1. The number of methoxy groups -OCH3 is 1. The summed E-state index contributed by atoms with van der Waals surface area (Å²) < 4.78 is 5.50. The molecule has 1 fully saturated rings. The number of ether oxygens (including phenoxy) is 1. The Morgan fingerprint density at radius 2 is 2.00 bits per heavy atom. The summed E-state index contributed by atoms with van der Waals surface area (Å²) in [4.78, 5) is 4.78. The van der Waals surface area contributed by atoms with Crippen molar-refractivity contribution in [3.63, 3.8) is 0 Å². The largest absolute Gasteiger partial charge is 0.495 e. The van der Waals surface area contributed by atoms with Crippen LogP contribution in [-0.4, -0.2) is 51.3 Å². The summed E-state index contributed by atoms with van der Waals surface area (Å²) in [7, 11) is 3.90. The van der Waals surface area contributed by atoms with E-state index in [1.54, 1.807) is 7.11 Å². The lowest BCUT2D eigenvalue weighted by Crippen LogP contribution is -2.45. The molecule has 2 N–H and O–H groups in total. The maximum Gasteiger partial charge on any atom is 0.142 e. The monoisotopic (exact) mass is 263 g/mol. The van der Waals surface area contributed by atoms with Gasteiger partial charge in [-0.2, -0.15) is 0 Å². The standard InChI is InChI=1S/C15H25N3O/c1-12-9-17(2)11-13(8-16)18(10-12)14-6-4-5-7-15(14)19-3/h4-7,12-13H,8-11,16H2,1-3H3. The minimum atomic E-state index is 0.339. The Hall–Kier alpha value is -1.26. The van der Waals surface area contributed by atoms with E-state index >= 15 is 0 Å². The van der Waals surface area contributed by atoms with Crippen LogP contribution in [0.4, 0.5) is 5.69 Å². The van der Waals surface area contributed by atoms with Gasteiger partial charge in [-0.25, -0.2) is 0 Å². The molecule has 1 aliphatic heterocycles. The summed E-state index contributed by atoms with van der Waals surface area (Å²) in [5, 5.41) is 0. The van der Waals surface area contributed by atoms with Gasteiger partial charge in [-0.05, 0) is 25.1 Å². The third kappa shape index (κ3) is 3.19. The lowest BCUT2D eigenvalue weighted by atomic mass is 10.1. The molecule has 1 saturated heterocycles. The first-order valence-corrected chi connectivity index (χ1v) is 6.94. The van der Waals surface area contributed by atoms with E-state index < -0.39 is 0 Å². The van der Waals surface area contributed by atoms with E-state index in [-0.39, 0.29) is 0 Å². The highest BCUT2D eigenvalue weighted by molar-refractivity contribution is 5.59. The molecule has 0 radical (unpaired) electrons. The van der Waals surface area contributed by atoms with Crippen molar-refractivity contribution in [3.05, 3.63) is 24.3 Å². The van der Waals surface area contributed by atoms with Gasteiger partial charge in [0.05, 0.1) is 18.8 Å². The Morgan fingerprint density at radius 3 is 2.68 bits per heavy atom. The van der Waals surface area contributed by atoms with Gasteiger partial charge in [-0.15, -0.1) is 0 Å². The van der Waals surface area contributed by atoms with Crippen molar-refractivity contribution in [2.45, 2.75) is 13.0 Å². The fourth-order valence-corrected chi connectivity index (χ4v) is 2.97. The smallest absolute Gasteiger partial charge is 0.142 e. The normalized spacial score (nSPS) is 25.2. The molecular formula is C15H25N3O. The third-order valence-corrected chi connectivity index (χ3v) is 3.76. The molecule has 0 aromatic heterocycles. The van der Waals surface area contributed by atoms with E-state index in [0.29, 0.717) is 18.5 Å². The average Bonchev–Trinajstić information content (AvgIpc) is 2.56. The second-order valence-electron chi connectivity index (χ2n) is 5.54. The van der Waals surface area contributed by atoms with Crippen molar-refractivity contribution in [2.75, 3.05) is 45.2 Å². The molecule has 1 heterocycles. The van der Waals surface area contributed by atoms with Crippen LogP contribution in [0.1, 0.15) is 6.92 Å². The van der Waals surface area contributed by atoms with Crippen LogP contribution in [0, 0.1) is 5.92 Å². The predicted octanol–water partition coefficient (Wildman–Crippen LogP) is 1.41. The SMILES string of the molecule is COc1ccccc1N1CC(C)CN(C)CC1CN. The van der Waals surface area contributed by atoms with Gasteiger partial charge in [-0.3, -0.25) is 0 Å². The predicted molar refractivity (Wildman–Crippen MR) is 79.8 cm³/mol. The van der Waals surface area contributed by atoms with E-state index in [9.17, 15) is 0 Å². The molecule has 4 heteroatoms. The van der Waals surface area contributed by atoms with Crippen LogP contribution in [0.2, 0.25) is 0 Å². The fourth-order valence-electron chi connectivity index (χ4n) is 2.97. The van der Waals surface area contributed by atoms with Crippen molar-refractivity contribution in [1.82, 2.24) is 4.90 Å². The first kappa shape index (κ1) is 14.2. The molecule has 19 heavy (non-hydrogen) atoms. The van der Waals surface area contributed by atoms with Crippen molar-refractivity contribution in [2.24, 2.45) is 11.7 Å². The molecule has 0 amide bonds. The molecule has 0 bridgehead atoms. The van der Waals surface area contributed by atoms with E-state index in [0.717, 1.165) is 31.1 Å². The molecule has 2 unspecified atom stereocenters. The number of benzene rings is 1. The molecule has 0 spiro atoms. The van der Waals surface area contributed by atoms with Crippen LogP contribution in [-0.2, 0) is 0 Å². The maximum atomic E-state index is 5.99. The fraction of sp³-hybridized carbons (Fsp3) is 0.600. The van der Waals surface area contributed by atoms with Crippen LogP contribution in [0.25, 0.3) is 0 Å². The van der Waals surface area contributed by atoms with Crippen LogP contribution >= 0.6 is 0 Å². The molecule has 106 valence electrons. The molecule has 1 aromatic rings. The second-order valence-corrected chi connectivity index (χ2v) is 5.54. The average molecular weight is 263 g/mol. The number of para-hydroxylation sites is 2. The van der Waals surface area contributed by atoms with Gasteiger partial charge in [0.1, 0.15) is 5.75 Å². The molecular weight excluding hydrogens is 238 g/mol. The highest BCUT2D eigenvalue weighted by Gasteiger charge is 2.27. The molecule has 0 saturated carbocycles. The quantitative estimate of drug-likeness (QED) is 0.895. The van der Waals surface area contributed by atoms with Gasteiger partial charge >= 0.3 is 0 Å². The van der Waals surface area contributed by atoms with Crippen LogP contribution in [0.5, 0.6) is 5.75 Å². The number of likely N-dealkylation sites (N-methyl/N-ethyl adjacent to an activating group) is 1. The number of nitrogens with two attached hydrogens (primary N) is 1. The summed E-state index contributed by atoms with van der Waals surface area (Å²) in [6.45, 7) is 6.08. The van der Waals surface area contributed by atoms with Gasteiger partial charge in [0.2, 0.25) is 0 Å². The van der Waals surface area contributed by atoms with Gasteiger partial charge in [0, 0.05) is 26.2 Å². The van der Waals surface area contributed by atoms with E-state index in [1.807, 2.05) is 12.1 Å². The summed E-state index contributed by atoms with van der Waals surface area (Å²) in [6, 6.07) is 8.55. The van der Waals surface area contributed by atoms with Crippen molar-refractivity contribution >= 4 is 5.69 Å². The first-order chi connectivity index (χ1) is 9.15. The minimum absolute atomic E-state index is 0.339. The second kappa shape index (κ2) is 6.26. The Balaban J connectivity index is 2.33. The van der Waals surface area contributed by atoms with E-state index in [2.05, 4.69) is 35.9 Å². The lowest BCUT2D eigenvalue weighted by Gasteiger charge is -2.33. The maximum absolute atomic E-state index is 5.99. The van der Waals surface area contributed by atoms with Gasteiger partial charge < -0.3 is 20.3 Å². The first-order valence-electron chi connectivity index (χ1n) is 6.94. The lowest BCUT2D eigenvalue weighted by molar-refractivity contribution is 0.304. The summed E-state index contributed by atoms with van der Waals surface area (Å²) >= 11 is 0. The number of nitrogens with zero attached hydrogens (tertiary/aromatic N) is 2. The van der Waals surface area contributed by atoms with E-state index in [1.165, 1.54) is 0 Å². The number of anilines is 1. The number of rotatable bonds is 3. The van der Waals surface area contributed by atoms with Gasteiger partial charge in [0.15, 0.2) is 0 Å². The minimum Gasteiger partial charge on any atom is -0.495 e. The van der Waals surface area contributed by atoms with Gasteiger partial charge in [0.25, 0.3) is 0 Å². The summed E-state index contributed by atoms with van der Waals surface area (Å²) in [6.07, 6.45) is 0. The molecule has 2 rings (SSSR count). The van der Waals surface area contributed by atoms with E-state index in [4.69, 9.17) is 10.5 Å². The summed E-state index contributed by atoms with van der Waals surface area (Å²) in [5.74, 6) is 1.55. The Labute approximate surface area is 116 Å². The van der Waals surface area contributed by atoms with Crippen LogP contribution < -0.4 is 15.4 Å². The van der Waals surface area contributed by atoms with Gasteiger partial charge in [-0.1, -0.05) is 19.1 Å². The Morgan fingerprint density at radius 1 is 1.26 bits per heavy atom. The zero-order valence-corrected chi connectivity index (χ0v) is 12.2. The van der Waals surface area contributed by atoms with Crippen molar-refractivity contribution in [3.8, 4) is 5.75 Å². The number of hydrogen-bond acceptors (Lipinski definition) is 4. The molecule has 1 aromatic carbocycles. The van der Waals surface area contributed by atoms with Crippen molar-refractivity contribution < 1.29 is 4.74 Å². The summed E-state index contributed by atoms with van der Waals surface area (Å²) in [5.41, 5.74) is 7.15. The zero-order chi connectivity index (χ0) is 13.8. The highest BCUT2D eigenvalue weighted by atomic mass is 16.5. The molecule has 2 atom stereocenters. The molecule has 4 nitrogen and oxygen atoms in total. The van der Waals surface area contributed by atoms with Crippen molar-refractivity contribution in [1.29, 1.82) is 0 Å². The topological polar surface area (TPSA) is 41.7 Å². The highest BCUT2D eigenvalue weighted by Crippen LogP contribution is 2.31.